The standard InChI is InChI=1S/C13H10ClN5O2S2/c1-7-8(14)3-2-4-9(7)16-10(20)6-22-13-18-19-11(21)5-15-17-12(19)23-13/h2-5H,6H2,1H3,(H,16,20). The summed E-state index contributed by atoms with van der Waals surface area (Å²) in [5, 5.41) is 14.9. The molecule has 0 bridgehead atoms. The van der Waals surface area contributed by atoms with E-state index < -0.39 is 0 Å². The van der Waals surface area contributed by atoms with Crippen LogP contribution in [0.4, 0.5) is 5.69 Å². The van der Waals surface area contributed by atoms with Crippen LogP contribution in [0.5, 0.6) is 0 Å². The molecule has 7 nitrogen and oxygen atoms in total. The lowest BCUT2D eigenvalue weighted by atomic mass is 10.2. The van der Waals surface area contributed by atoms with Crippen molar-refractivity contribution in [3.63, 3.8) is 0 Å². The molecule has 0 saturated heterocycles. The quantitative estimate of drug-likeness (QED) is 0.711. The van der Waals surface area contributed by atoms with Gasteiger partial charge < -0.3 is 5.32 Å². The average Bonchev–Trinajstić information content (AvgIpc) is 2.94. The molecule has 10 heteroatoms. The summed E-state index contributed by atoms with van der Waals surface area (Å²) in [6, 6.07) is 5.33. The number of aromatic nitrogens is 4. The van der Waals surface area contributed by atoms with Crippen molar-refractivity contribution in [2.45, 2.75) is 11.3 Å². The Labute approximate surface area is 143 Å². The lowest BCUT2D eigenvalue weighted by Crippen LogP contribution is -2.15. The Morgan fingerprint density at radius 2 is 2.30 bits per heavy atom. The van der Waals surface area contributed by atoms with Gasteiger partial charge >= 0.3 is 0 Å². The van der Waals surface area contributed by atoms with Crippen LogP contribution in [0.3, 0.4) is 0 Å². The van der Waals surface area contributed by atoms with Crippen LogP contribution in [0, 0.1) is 6.92 Å². The molecule has 1 amide bonds. The number of benzene rings is 1. The molecule has 0 atom stereocenters. The van der Waals surface area contributed by atoms with Crippen molar-refractivity contribution in [3.8, 4) is 0 Å². The molecule has 3 aromatic rings. The van der Waals surface area contributed by atoms with Gasteiger partial charge in [-0.2, -0.15) is 9.61 Å². The predicted molar refractivity (Wildman–Crippen MR) is 90.5 cm³/mol. The lowest BCUT2D eigenvalue weighted by Gasteiger charge is -2.08. The van der Waals surface area contributed by atoms with E-state index in [4.69, 9.17) is 11.6 Å². The van der Waals surface area contributed by atoms with Gasteiger partial charge in [0.1, 0.15) is 6.20 Å². The Balaban J connectivity index is 1.67. The van der Waals surface area contributed by atoms with Gasteiger partial charge in [-0.1, -0.05) is 40.8 Å². The molecule has 2 heterocycles. The van der Waals surface area contributed by atoms with Crippen LogP contribution < -0.4 is 10.9 Å². The van der Waals surface area contributed by atoms with E-state index in [9.17, 15) is 9.59 Å². The number of nitrogens with one attached hydrogen (secondary N) is 1. The number of hydrogen-bond acceptors (Lipinski definition) is 7. The fourth-order valence-corrected chi connectivity index (χ4v) is 3.63. The Morgan fingerprint density at radius 1 is 1.48 bits per heavy atom. The van der Waals surface area contributed by atoms with E-state index in [1.807, 2.05) is 6.92 Å². The first-order valence-corrected chi connectivity index (χ1v) is 8.62. The van der Waals surface area contributed by atoms with Gasteiger partial charge in [0, 0.05) is 10.7 Å². The molecule has 0 unspecified atom stereocenters. The van der Waals surface area contributed by atoms with Gasteiger partial charge in [-0.25, -0.2) is 0 Å². The molecule has 118 valence electrons. The summed E-state index contributed by atoms with van der Waals surface area (Å²) in [4.78, 5) is 24.0. The molecule has 0 aliphatic rings. The molecule has 0 spiro atoms. The fourth-order valence-electron chi connectivity index (χ4n) is 1.77. The number of halogens is 1. The second-order valence-electron chi connectivity index (χ2n) is 4.49. The first-order chi connectivity index (χ1) is 11.0. The Morgan fingerprint density at radius 3 is 3.09 bits per heavy atom. The fraction of sp³-hybridized carbons (Fsp3) is 0.154. The third kappa shape index (κ3) is 3.52. The average molecular weight is 368 g/mol. The summed E-state index contributed by atoms with van der Waals surface area (Å²) in [5.74, 6) is -0.0217. The normalized spacial score (nSPS) is 10.9. The smallest absolute Gasteiger partial charge is 0.293 e. The Hall–Kier alpha value is -1.97. The number of thioether (sulfide) groups is 1. The lowest BCUT2D eigenvalue weighted by molar-refractivity contribution is -0.113. The molecule has 23 heavy (non-hydrogen) atoms. The molecule has 1 N–H and O–H groups in total. The minimum absolute atomic E-state index is 0.161. The van der Waals surface area contributed by atoms with E-state index in [1.165, 1.54) is 27.6 Å². The Bertz CT molecular complexity index is 940. The maximum absolute atomic E-state index is 12.0. The molecule has 0 aliphatic heterocycles. The van der Waals surface area contributed by atoms with Crippen molar-refractivity contribution >= 4 is 51.3 Å². The third-order valence-corrected chi connectivity index (χ3v) is 5.37. The highest BCUT2D eigenvalue weighted by molar-refractivity contribution is 8.01. The van der Waals surface area contributed by atoms with Gasteiger partial charge in [-0.3, -0.25) is 9.59 Å². The minimum Gasteiger partial charge on any atom is -0.325 e. The van der Waals surface area contributed by atoms with Crippen molar-refractivity contribution < 1.29 is 4.79 Å². The number of fused-ring (bicyclic) bond motifs is 1. The molecule has 0 radical (unpaired) electrons. The van der Waals surface area contributed by atoms with E-state index in [0.29, 0.717) is 20.0 Å². The van der Waals surface area contributed by atoms with E-state index in [0.717, 1.165) is 11.8 Å². The van der Waals surface area contributed by atoms with Crippen LogP contribution in [0.25, 0.3) is 4.96 Å². The second-order valence-corrected chi connectivity index (χ2v) is 7.08. The van der Waals surface area contributed by atoms with Crippen LogP contribution in [-0.4, -0.2) is 31.5 Å². The number of carbonyl (C=O) groups is 1. The van der Waals surface area contributed by atoms with Crippen LogP contribution in [0.2, 0.25) is 5.02 Å². The summed E-state index contributed by atoms with van der Waals surface area (Å²) in [7, 11) is 0. The van der Waals surface area contributed by atoms with Crippen molar-refractivity contribution in [1.29, 1.82) is 0 Å². The summed E-state index contributed by atoms with van der Waals surface area (Å²) in [5.41, 5.74) is 1.14. The topological polar surface area (TPSA) is 89.3 Å². The van der Waals surface area contributed by atoms with E-state index in [-0.39, 0.29) is 17.2 Å². The molecular formula is C13H10ClN5O2S2. The van der Waals surface area contributed by atoms with E-state index >= 15 is 0 Å². The van der Waals surface area contributed by atoms with Crippen molar-refractivity contribution in [2.24, 2.45) is 0 Å². The Kier molecular flexibility index (Phi) is 4.60. The number of carbonyl (C=O) groups excluding carboxylic acids is 1. The van der Waals surface area contributed by atoms with Crippen LogP contribution in [0.1, 0.15) is 5.56 Å². The van der Waals surface area contributed by atoms with Crippen LogP contribution >= 0.6 is 34.7 Å². The second kappa shape index (κ2) is 6.65. The zero-order chi connectivity index (χ0) is 16.4. The van der Waals surface area contributed by atoms with Crippen molar-refractivity contribution in [1.82, 2.24) is 19.8 Å². The highest BCUT2D eigenvalue weighted by Crippen LogP contribution is 2.25. The molecule has 0 aliphatic carbocycles. The van der Waals surface area contributed by atoms with E-state index in [2.05, 4.69) is 20.6 Å². The zero-order valence-corrected chi connectivity index (χ0v) is 14.2. The largest absolute Gasteiger partial charge is 0.325 e. The number of amides is 1. The number of hydrogen-bond donors (Lipinski definition) is 1. The van der Waals surface area contributed by atoms with Crippen LogP contribution in [-0.2, 0) is 4.79 Å². The van der Waals surface area contributed by atoms with Gasteiger partial charge in [0.25, 0.3) is 5.56 Å². The third-order valence-electron chi connectivity index (χ3n) is 2.93. The summed E-state index contributed by atoms with van der Waals surface area (Å²) >= 11 is 8.45. The number of anilines is 1. The highest BCUT2D eigenvalue weighted by atomic mass is 35.5. The van der Waals surface area contributed by atoms with Crippen molar-refractivity contribution in [2.75, 3.05) is 11.1 Å². The SMILES string of the molecule is Cc1c(Cl)cccc1NC(=O)CSc1nn2c(=O)cnnc2s1. The molecule has 2 aromatic heterocycles. The van der Waals surface area contributed by atoms with E-state index in [1.54, 1.807) is 18.2 Å². The summed E-state index contributed by atoms with van der Waals surface area (Å²) in [6.07, 6.45) is 1.09. The maximum Gasteiger partial charge on any atom is 0.293 e. The first kappa shape index (κ1) is 15.9. The highest BCUT2D eigenvalue weighted by Gasteiger charge is 2.11. The predicted octanol–water partition coefficient (Wildman–Crippen LogP) is 2.24. The molecule has 0 saturated carbocycles. The van der Waals surface area contributed by atoms with Gasteiger partial charge in [0.05, 0.1) is 5.75 Å². The molecule has 3 rings (SSSR count). The summed E-state index contributed by atoms with van der Waals surface area (Å²) in [6.45, 7) is 1.84. The number of rotatable bonds is 4. The number of nitrogens with zero attached hydrogens (tertiary/aromatic N) is 4. The molecule has 1 aromatic carbocycles. The van der Waals surface area contributed by atoms with Gasteiger partial charge in [0.15, 0.2) is 4.34 Å². The molecule has 0 fully saturated rings. The van der Waals surface area contributed by atoms with Crippen LogP contribution in [0.15, 0.2) is 33.5 Å². The first-order valence-electron chi connectivity index (χ1n) is 6.44. The zero-order valence-electron chi connectivity index (χ0n) is 11.8. The maximum atomic E-state index is 12.0. The van der Waals surface area contributed by atoms with Gasteiger partial charge in [-0.15, -0.1) is 10.2 Å². The summed E-state index contributed by atoms with van der Waals surface area (Å²) < 4.78 is 1.74. The van der Waals surface area contributed by atoms with Gasteiger partial charge in [-0.05, 0) is 24.6 Å². The van der Waals surface area contributed by atoms with Crippen molar-refractivity contribution in [3.05, 3.63) is 45.3 Å². The monoisotopic (exact) mass is 367 g/mol. The minimum atomic E-state index is -0.350. The molecular weight excluding hydrogens is 358 g/mol. The van der Waals surface area contributed by atoms with Gasteiger partial charge in [0.2, 0.25) is 10.9 Å².